The minimum absolute atomic E-state index is 0. The second kappa shape index (κ2) is 16.4. The molecular weight excluding hydrogens is 654 g/mol. The number of hydrogen-bond donors (Lipinski definition) is 2. The van der Waals surface area contributed by atoms with Crippen molar-refractivity contribution >= 4 is 12.4 Å². The maximum Gasteiger partial charge on any atom is 0.231 e. The first-order valence-electron chi connectivity index (χ1n) is 16.6. The molecule has 0 aliphatic carbocycles. The first-order chi connectivity index (χ1) is 23.6. The van der Waals surface area contributed by atoms with E-state index in [1.165, 1.54) is 35.4 Å². The summed E-state index contributed by atoms with van der Waals surface area (Å²) in [5, 5.41) is 6.85. The predicted molar refractivity (Wildman–Crippen MR) is 184 cm³/mol. The average Bonchev–Trinajstić information content (AvgIpc) is 3.80. The molecule has 4 aromatic rings. The molecule has 8 nitrogen and oxygen atoms in total. The lowest BCUT2D eigenvalue weighted by Crippen LogP contribution is -2.38. The summed E-state index contributed by atoms with van der Waals surface area (Å²) in [6.45, 7) is 5.48. The van der Waals surface area contributed by atoms with Crippen LogP contribution in [-0.2, 0) is 0 Å². The smallest absolute Gasteiger partial charge is 0.231 e. The van der Waals surface area contributed by atoms with Gasteiger partial charge in [0, 0.05) is 37.1 Å². The van der Waals surface area contributed by atoms with E-state index < -0.39 is 0 Å². The Balaban J connectivity index is 0.000000167. The van der Waals surface area contributed by atoms with Crippen LogP contribution < -0.4 is 39.1 Å². The van der Waals surface area contributed by atoms with E-state index in [0.717, 1.165) is 73.5 Å². The molecule has 0 amide bonds. The first kappa shape index (κ1) is 34.6. The van der Waals surface area contributed by atoms with Crippen molar-refractivity contribution in [3.05, 3.63) is 108 Å². The van der Waals surface area contributed by atoms with Gasteiger partial charge in [-0.3, -0.25) is 0 Å². The van der Waals surface area contributed by atoms with Crippen molar-refractivity contribution in [1.82, 2.24) is 10.6 Å². The van der Waals surface area contributed by atoms with E-state index in [1.807, 2.05) is 60.7 Å². The van der Waals surface area contributed by atoms with Crippen molar-refractivity contribution in [1.29, 1.82) is 0 Å². The Labute approximate surface area is 291 Å². The number of fused-ring (bicyclic) bond motifs is 2. The maximum atomic E-state index is 13.2. The second-order valence-corrected chi connectivity index (χ2v) is 12.5. The van der Waals surface area contributed by atoms with Crippen molar-refractivity contribution in [2.24, 2.45) is 11.8 Å². The van der Waals surface area contributed by atoms with Gasteiger partial charge in [-0.1, -0.05) is 24.3 Å². The highest BCUT2D eigenvalue weighted by Crippen LogP contribution is 2.38. The topological polar surface area (TPSA) is 79.4 Å². The molecule has 4 heterocycles. The number of nitrogens with one attached hydrogen (secondary N) is 2. The molecule has 260 valence electrons. The van der Waals surface area contributed by atoms with Gasteiger partial charge < -0.3 is 39.1 Å². The molecule has 4 aliphatic rings. The van der Waals surface area contributed by atoms with Crippen LogP contribution in [0.25, 0.3) is 0 Å². The first-order valence-corrected chi connectivity index (χ1v) is 16.6. The lowest BCUT2D eigenvalue weighted by Gasteiger charge is -2.32. The van der Waals surface area contributed by atoms with Crippen LogP contribution in [-0.4, -0.2) is 53.0 Å². The third kappa shape index (κ3) is 8.68. The third-order valence-corrected chi connectivity index (χ3v) is 9.43. The fraction of sp³-hybridized carbons (Fsp3) is 0.368. The second-order valence-electron chi connectivity index (χ2n) is 12.5. The van der Waals surface area contributed by atoms with E-state index in [2.05, 4.69) is 10.6 Å². The molecule has 0 radical (unpaired) electrons. The Morgan fingerprint density at radius 2 is 0.959 bits per heavy atom. The molecule has 4 aromatic carbocycles. The van der Waals surface area contributed by atoms with Crippen LogP contribution in [0, 0.1) is 23.5 Å². The molecule has 0 spiro atoms. The quantitative estimate of drug-likeness (QED) is 0.203. The molecule has 2 saturated heterocycles. The Bertz CT molecular complexity index is 1540. The number of benzene rings is 4. The summed E-state index contributed by atoms with van der Waals surface area (Å²) in [5.41, 5.74) is 2.36. The lowest BCUT2D eigenvalue weighted by molar-refractivity contribution is 0.173. The molecule has 11 heteroatoms. The summed E-state index contributed by atoms with van der Waals surface area (Å²) >= 11 is 0. The molecule has 0 bridgehead atoms. The van der Waals surface area contributed by atoms with Crippen LogP contribution >= 0.6 is 12.4 Å². The third-order valence-electron chi connectivity index (χ3n) is 9.43. The minimum atomic E-state index is -0.194. The summed E-state index contributed by atoms with van der Waals surface area (Å²) in [4.78, 5) is 0. The van der Waals surface area contributed by atoms with Crippen molar-refractivity contribution in [3.8, 4) is 34.5 Å². The van der Waals surface area contributed by atoms with Crippen LogP contribution in [0.15, 0.2) is 84.9 Å². The van der Waals surface area contributed by atoms with Crippen LogP contribution in [0.3, 0.4) is 0 Å². The Morgan fingerprint density at radius 1 is 0.551 bits per heavy atom. The fourth-order valence-corrected chi connectivity index (χ4v) is 6.83. The van der Waals surface area contributed by atoms with Gasteiger partial charge in [0.05, 0.1) is 13.2 Å². The molecule has 0 aromatic heterocycles. The normalized spacial score (nSPS) is 21.9. The average molecular weight is 695 g/mol. The van der Waals surface area contributed by atoms with Gasteiger partial charge in [-0.15, -0.1) is 12.4 Å². The van der Waals surface area contributed by atoms with E-state index in [4.69, 9.17) is 28.4 Å². The molecule has 4 aliphatic heterocycles. The monoisotopic (exact) mass is 694 g/mol. The molecule has 4 atom stereocenters. The Morgan fingerprint density at radius 3 is 1.39 bits per heavy atom. The van der Waals surface area contributed by atoms with Crippen molar-refractivity contribution < 1.29 is 37.2 Å². The van der Waals surface area contributed by atoms with Gasteiger partial charge in [0.2, 0.25) is 13.6 Å². The van der Waals surface area contributed by atoms with Crippen molar-refractivity contribution in [2.75, 3.05) is 53.0 Å². The SMILES string of the molecule is Cl.Fc1ccc([C@@H]2CCNC[C@H]2COc2ccc3c(c2)OCO3)cc1.Fc1ccc([C@@H]2CCNC[C@H]2COc2ccc3c(c2)OCO3)cc1. The van der Waals surface area contributed by atoms with Crippen LogP contribution in [0.2, 0.25) is 0 Å². The van der Waals surface area contributed by atoms with Gasteiger partial charge in [-0.25, -0.2) is 8.78 Å². The van der Waals surface area contributed by atoms with E-state index >= 15 is 0 Å². The van der Waals surface area contributed by atoms with Crippen LogP contribution in [0.5, 0.6) is 34.5 Å². The highest BCUT2D eigenvalue weighted by Gasteiger charge is 2.28. The highest BCUT2D eigenvalue weighted by molar-refractivity contribution is 5.85. The summed E-state index contributed by atoms with van der Waals surface area (Å²) in [7, 11) is 0. The summed E-state index contributed by atoms with van der Waals surface area (Å²) in [5.74, 6) is 5.57. The van der Waals surface area contributed by atoms with Crippen LogP contribution in [0.1, 0.15) is 35.8 Å². The van der Waals surface area contributed by atoms with Crippen molar-refractivity contribution in [3.63, 3.8) is 0 Å². The molecular formula is C38H41ClF2N2O6. The number of halogens is 3. The van der Waals surface area contributed by atoms with E-state index in [9.17, 15) is 8.78 Å². The number of rotatable bonds is 8. The van der Waals surface area contributed by atoms with Gasteiger partial charge in [-0.2, -0.15) is 0 Å². The zero-order chi connectivity index (χ0) is 32.7. The van der Waals surface area contributed by atoms with E-state index in [0.29, 0.717) is 36.9 Å². The lowest BCUT2D eigenvalue weighted by atomic mass is 9.81. The predicted octanol–water partition coefficient (Wildman–Crippen LogP) is 7.07. The fourth-order valence-electron chi connectivity index (χ4n) is 6.83. The van der Waals surface area contributed by atoms with Gasteiger partial charge in [0.25, 0.3) is 0 Å². The molecule has 2 N–H and O–H groups in total. The molecule has 8 rings (SSSR count). The highest BCUT2D eigenvalue weighted by atomic mass is 35.5. The summed E-state index contributed by atoms with van der Waals surface area (Å²) in [6.07, 6.45) is 2.06. The number of hydrogen-bond acceptors (Lipinski definition) is 8. The zero-order valence-corrected chi connectivity index (χ0v) is 27.9. The van der Waals surface area contributed by atoms with E-state index in [-0.39, 0.29) is 37.6 Å². The van der Waals surface area contributed by atoms with Gasteiger partial charge in [-0.05, 0) is 97.4 Å². The van der Waals surface area contributed by atoms with Crippen LogP contribution in [0.4, 0.5) is 8.78 Å². The minimum Gasteiger partial charge on any atom is -0.493 e. The number of piperidine rings is 2. The summed E-state index contributed by atoms with van der Waals surface area (Å²) in [6, 6.07) is 25.0. The van der Waals surface area contributed by atoms with Gasteiger partial charge in [0.15, 0.2) is 23.0 Å². The molecule has 0 saturated carbocycles. The number of ether oxygens (including phenoxy) is 6. The van der Waals surface area contributed by atoms with E-state index in [1.54, 1.807) is 0 Å². The standard InChI is InChI=1S/2C19H20FNO3.ClH/c2*20-15-3-1-13(2-4-15)17-7-8-21-10-14(17)11-22-16-5-6-18-19(9-16)24-12-23-18;/h2*1-6,9,14,17,21H,7-8,10-12H2;1H/t2*14-,17-;/m00./s1. The molecule has 49 heavy (non-hydrogen) atoms. The maximum absolute atomic E-state index is 13.2. The Kier molecular flexibility index (Phi) is 11.6. The molecule has 2 fully saturated rings. The van der Waals surface area contributed by atoms with Crippen molar-refractivity contribution in [2.45, 2.75) is 24.7 Å². The summed E-state index contributed by atoms with van der Waals surface area (Å²) < 4.78 is 59.7. The van der Waals surface area contributed by atoms with Gasteiger partial charge >= 0.3 is 0 Å². The Hall–Kier alpha value is -4.25. The zero-order valence-electron chi connectivity index (χ0n) is 27.1. The largest absolute Gasteiger partial charge is 0.493 e. The molecule has 0 unspecified atom stereocenters. The van der Waals surface area contributed by atoms with Gasteiger partial charge in [0.1, 0.15) is 23.1 Å².